The zero-order chi connectivity index (χ0) is 30.2. The van der Waals surface area contributed by atoms with Crippen LogP contribution < -0.4 is 4.90 Å². The molecule has 224 valence electrons. The van der Waals surface area contributed by atoms with Crippen molar-refractivity contribution in [3.8, 4) is 11.1 Å². The molecule has 1 aliphatic carbocycles. The molecule has 7 nitrogen and oxygen atoms in total. The molecule has 1 atom stereocenters. The fourth-order valence-electron chi connectivity index (χ4n) is 6.79. The fraction of sp³-hybridized carbons (Fsp3) is 0.211. The zero-order valence-corrected chi connectivity index (χ0v) is 24.8. The Balaban J connectivity index is 1.13. The van der Waals surface area contributed by atoms with Crippen LogP contribution in [0.25, 0.3) is 17.2 Å². The van der Waals surface area contributed by atoms with E-state index in [9.17, 15) is 4.79 Å². The van der Waals surface area contributed by atoms with E-state index in [1.165, 1.54) is 22.3 Å². The van der Waals surface area contributed by atoms with Gasteiger partial charge in [0.25, 0.3) is 0 Å². The summed E-state index contributed by atoms with van der Waals surface area (Å²) in [5.74, 6) is 1.16. The van der Waals surface area contributed by atoms with Crippen LogP contribution in [-0.4, -0.2) is 48.9 Å². The number of nitrogens with zero attached hydrogens (tertiary/aromatic N) is 3. The highest BCUT2D eigenvalue weighted by molar-refractivity contribution is 5.79. The molecule has 7 heteroatoms. The average Bonchev–Trinajstić information content (AvgIpc) is 3.66. The Bertz CT molecular complexity index is 1830. The van der Waals surface area contributed by atoms with Crippen LogP contribution in [0.3, 0.4) is 0 Å². The number of benzene rings is 4. The summed E-state index contributed by atoms with van der Waals surface area (Å²) in [6.07, 6.45) is 3.92. The van der Waals surface area contributed by atoms with Crippen molar-refractivity contribution in [2.45, 2.75) is 18.4 Å². The molecule has 0 spiro atoms. The minimum atomic E-state index is -0.578. The summed E-state index contributed by atoms with van der Waals surface area (Å²) < 4.78 is 18.4. The second-order valence-corrected chi connectivity index (χ2v) is 11.6. The van der Waals surface area contributed by atoms with E-state index in [0.717, 1.165) is 28.3 Å². The van der Waals surface area contributed by atoms with Crippen LogP contribution in [0.15, 0.2) is 114 Å². The van der Waals surface area contributed by atoms with Crippen LogP contribution in [0, 0.1) is 0 Å². The molecule has 1 aromatic heterocycles. The van der Waals surface area contributed by atoms with Crippen LogP contribution in [0.2, 0.25) is 0 Å². The molecular weight excluding hydrogens is 562 g/mol. The lowest BCUT2D eigenvalue weighted by Gasteiger charge is -2.31. The molecule has 1 fully saturated rings. The Morgan fingerprint density at radius 1 is 0.800 bits per heavy atom. The molecule has 2 aliphatic heterocycles. The molecule has 0 radical (unpaired) electrons. The first-order chi connectivity index (χ1) is 22.2. The second kappa shape index (κ2) is 11.7. The summed E-state index contributed by atoms with van der Waals surface area (Å²) in [5.41, 5.74) is 8.68. The summed E-state index contributed by atoms with van der Waals surface area (Å²) in [6.45, 7) is 2.92. The van der Waals surface area contributed by atoms with Crippen LogP contribution in [-0.2, 0) is 15.9 Å². The lowest BCUT2D eigenvalue weighted by Crippen LogP contribution is -2.36. The van der Waals surface area contributed by atoms with Gasteiger partial charge in [0.05, 0.1) is 13.2 Å². The lowest BCUT2D eigenvalue weighted by molar-refractivity contribution is 0.102. The highest BCUT2D eigenvalue weighted by Gasteiger charge is 2.37. The molecule has 45 heavy (non-hydrogen) atoms. The first-order valence-electron chi connectivity index (χ1n) is 15.5. The summed E-state index contributed by atoms with van der Waals surface area (Å²) in [7, 11) is 0. The maximum atomic E-state index is 14.0. The maximum Gasteiger partial charge on any atom is 0.414 e. The number of fused-ring (bicyclic) bond motifs is 4. The van der Waals surface area contributed by atoms with Gasteiger partial charge in [0.2, 0.25) is 11.8 Å². The number of hydrogen-bond acceptors (Lipinski definition) is 6. The minimum absolute atomic E-state index is 0.0343. The van der Waals surface area contributed by atoms with Crippen molar-refractivity contribution >= 4 is 18.1 Å². The molecule has 1 amide bonds. The summed E-state index contributed by atoms with van der Waals surface area (Å²) >= 11 is 0. The fourth-order valence-corrected chi connectivity index (χ4v) is 6.79. The predicted molar refractivity (Wildman–Crippen MR) is 173 cm³/mol. The van der Waals surface area contributed by atoms with Gasteiger partial charge in [0, 0.05) is 31.6 Å². The number of anilines is 1. The van der Waals surface area contributed by atoms with Gasteiger partial charge in [-0.2, -0.15) is 0 Å². The Labute approximate surface area is 262 Å². The summed E-state index contributed by atoms with van der Waals surface area (Å²) in [4.78, 5) is 22.9. The van der Waals surface area contributed by atoms with Gasteiger partial charge in [-0.05, 0) is 45.0 Å². The third-order valence-electron chi connectivity index (χ3n) is 8.97. The van der Waals surface area contributed by atoms with Gasteiger partial charge in [-0.25, -0.2) is 9.78 Å². The van der Waals surface area contributed by atoms with Gasteiger partial charge in [0.15, 0.2) is 0 Å². The molecule has 1 unspecified atom stereocenters. The lowest BCUT2D eigenvalue weighted by atomic mass is 9.96. The molecule has 4 aromatic carbocycles. The number of carbonyl (C=O) groups is 1. The molecule has 0 bridgehead atoms. The van der Waals surface area contributed by atoms with E-state index in [4.69, 9.17) is 18.9 Å². The Morgan fingerprint density at radius 3 is 2.18 bits per heavy atom. The normalized spacial score (nSPS) is 17.1. The van der Waals surface area contributed by atoms with Crippen molar-refractivity contribution in [3.05, 3.63) is 149 Å². The topological polar surface area (TPSA) is 68.0 Å². The van der Waals surface area contributed by atoms with Crippen LogP contribution >= 0.6 is 0 Å². The molecular formula is C38H33N3O4. The van der Waals surface area contributed by atoms with E-state index in [1.807, 2.05) is 60.7 Å². The predicted octanol–water partition coefficient (Wildman–Crippen LogP) is 7.43. The summed E-state index contributed by atoms with van der Waals surface area (Å²) in [5, 5.41) is 0. The smallest absolute Gasteiger partial charge is 0.414 e. The third kappa shape index (κ3) is 5.09. The van der Waals surface area contributed by atoms with E-state index in [1.54, 1.807) is 11.1 Å². The van der Waals surface area contributed by atoms with E-state index < -0.39 is 12.1 Å². The van der Waals surface area contributed by atoms with E-state index in [-0.39, 0.29) is 12.5 Å². The van der Waals surface area contributed by atoms with Crippen LogP contribution in [0.1, 0.15) is 51.4 Å². The monoisotopic (exact) mass is 595 g/mol. The van der Waals surface area contributed by atoms with Crippen molar-refractivity contribution in [1.29, 1.82) is 0 Å². The van der Waals surface area contributed by atoms with Crippen molar-refractivity contribution in [1.82, 2.24) is 9.88 Å². The Morgan fingerprint density at radius 2 is 1.44 bits per heavy atom. The van der Waals surface area contributed by atoms with Crippen molar-refractivity contribution in [3.63, 3.8) is 0 Å². The SMILES string of the molecule is O=C(OCC1c2ccccc2-c2ccccc21)N1C=Cc2ccccc2C1c1nc(Cc2ccccc2)c(N2CCOCC2)o1. The molecule has 1 saturated heterocycles. The highest BCUT2D eigenvalue weighted by Crippen LogP contribution is 2.45. The minimum Gasteiger partial charge on any atom is -0.448 e. The molecule has 5 aromatic rings. The number of ether oxygens (including phenoxy) is 2. The molecule has 3 aliphatic rings. The van der Waals surface area contributed by atoms with Crippen molar-refractivity contribution < 1.29 is 18.7 Å². The van der Waals surface area contributed by atoms with E-state index in [0.29, 0.717) is 38.6 Å². The number of amides is 1. The van der Waals surface area contributed by atoms with Gasteiger partial charge >= 0.3 is 6.09 Å². The highest BCUT2D eigenvalue weighted by atomic mass is 16.6. The standard InChI is InChI=1S/C38H33N3O4/c42-38(44-25-33-31-16-8-6-14-29(31)30-15-7-9-17-32(30)33)41-19-18-27-12-4-5-13-28(27)35(41)36-39-34(24-26-10-2-1-3-11-26)37(45-36)40-20-22-43-23-21-40/h1-19,33,35H,20-25H2. The van der Waals surface area contributed by atoms with Crippen molar-refractivity contribution in [2.75, 3.05) is 37.8 Å². The first-order valence-corrected chi connectivity index (χ1v) is 15.5. The number of carbonyl (C=O) groups excluding carboxylic acids is 1. The van der Waals surface area contributed by atoms with Crippen molar-refractivity contribution in [2.24, 2.45) is 0 Å². The molecule has 8 rings (SSSR count). The van der Waals surface area contributed by atoms with E-state index in [2.05, 4.69) is 53.4 Å². The quantitative estimate of drug-likeness (QED) is 0.203. The Kier molecular flexibility index (Phi) is 7.16. The Hall–Kier alpha value is -5.14. The number of morpholine rings is 1. The number of hydrogen-bond donors (Lipinski definition) is 0. The zero-order valence-electron chi connectivity index (χ0n) is 24.8. The molecule has 0 saturated carbocycles. The molecule has 0 N–H and O–H groups in total. The van der Waals surface area contributed by atoms with Crippen LogP contribution in [0.4, 0.5) is 10.7 Å². The average molecular weight is 596 g/mol. The van der Waals surface area contributed by atoms with Gasteiger partial charge in [-0.1, -0.05) is 103 Å². The number of oxazole rings is 1. The first kappa shape index (κ1) is 27.4. The van der Waals surface area contributed by atoms with E-state index >= 15 is 0 Å². The largest absolute Gasteiger partial charge is 0.448 e. The second-order valence-electron chi connectivity index (χ2n) is 11.6. The number of aromatic nitrogens is 1. The van der Waals surface area contributed by atoms with Gasteiger partial charge in [-0.3, -0.25) is 4.90 Å². The van der Waals surface area contributed by atoms with Gasteiger partial charge < -0.3 is 18.8 Å². The van der Waals surface area contributed by atoms with Gasteiger partial charge in [-0.15, -0.1) is 0 Å². The van der Waals surface area contributed by atoms with Crippen LogP contribution in [0.5, 0.6) is 0 Å². The summed E-state index contributed by atoms with van der Waals surface area (Å²) in [6, 6.07) is 34.5. The van der Waals surface area contributed by atoms with Gasteiger partial charge in [0.1, 0.15) is 18.3 Å². The number of rotatable bonds is 6. The molecule has 3 heterocycles. The third-order valence-corrected chi connectivity index (χ3v) is 8.97. The maximum absolute atomic E-state index is 14.0.